The number of guanidine groups is 1. The van der Waals surface area contributed by atoms with E-state index >= 15 is 0 Å². The van der Waals surface area contributed by atoms with Crippen LogP contribution in [0.3, 0.4) is 0 Å². The maximum absolute atomic E-state index is 8.52. The molecule has 0 amide bonds. The molecular weight excluding hydrogens is 210 g/mol. The number of aliphatic imine (C=N–C) groups is 1. The molecule has 1 heterocycles. The van der Waals surface area contributed by atoms with Crippen LogP contribution in [0.15, 0.2) is 23.2 Å². The molecule has 6 nitrogen and oxygen atoms in total. The molecule has 0 atom stereocenters. The zero-order valence-corrected chi connectivity index (χ0v) is 8.64. The number of hydrogen-bond donors (Lipinski definition) is 3. The fourth-order valence-electron chi connectivity index (χ4n) is 1.39. The van der Waals surface area contributed by atoms with Crippen LogP contribution in [0.25, 0.3) is 0 Å². The Morgan fingerprint density at radius 1 is 1.31 bits per heavy atom. The Bertz CT molecular complexity index is 406. The lowest BCUT2D eigenvalue weighted by atomic mass is 10.3. The molecule has 0 radical (unpaired) electrons. The summed E-state index contributed by atoms with van der Waals surface area (Å²) in [6.45, 7) is 1.27. The van der Waals surface area contributed by atoms with E-state index in [1.165, 1.54) is 0 Å². The molecular formula is C10H13N3O3. The highest BCUT2D eigenvalue weighted by Gasteiger charge is 2.10. The summed E-state index contributed by atoms with van der Waals surface area (Å²) in [6.07, 6.45) is 0.855. The van der Waals surface area contributed by atoms with Gasteiger partial charge >= 0.3 is 0 Å². The van der Waals surface area contributed by atoms with Crippen molar-refractivity contribution >= 4 is 11.6 Å². The number of fused-ring (bicyclic) bond motifs is 1. The molecule has 2 rings (SSSR count). The largest absolute Gasteiger partial charge is 0.490 e. The fraction of sp³-hybridized carbons (Fsp3) is 0.300. The third-order valence-corrected chi connectivity index (χ3v) is 2.10. The smallest absolute Gasteiger partial charge is 0.218 e. The van der Waals surface area contributed by atoms with Gasteiger partial charge in [0.15, 0.2) is 11.5 Å². The van der Waals surface area contributed by atoms with Crippen LogP contribution in [0.2, 0.25) is 0 Å². The summed E-state index contributed by atoms with van der Waals surface area (Å²) in [4.78, 5) is 3.91. The Kier molecular flexibility index (Phi) is 3.11. The van der Waals surface area contributed by atoms with Gasteiger partial charge in [0.25, 0.3) is 0 Å². The molecule has 1 aromatic carbocycles. The number of benzene rings is 1. The highest BCUT2D eigenvalue weighted by Crippen LogP contribution is 2.33. The molecule has 0 fully saturated rings. The van der Waals surface area contributed by atoms with E-state index in [0.29, 0.717) is 30.4 Å². The minimum absolute atomic E-state index is 0.0745. The van der Waals surface area contributed by atoms with Crippen molar-refractivity contribution in [3.05, 3.63) is 18.2 Å². The van der Waals surface area contributed by atoms with E-state index in [4.69, 9.17) is 20.4 Å². The molecule has 0 aromatic heterocycles. The summed E-state index contributed by atoms with van der Waals surface area (Å²) in [5, 5.41) is 8.52. The van der Waals surface area contributed by atoms with Crippen molar-refractivity contribution in [2.24, 2.45) is 10.7 Å². The summed E-state index contributed by atoms with van der Waals surface area (Å²) in [6, 6.07) is 5.21. The molecule has 6 heteroatoms. The van der Waals surface area contributed by atoms with Crippen LogP contribution in [0.4, 0.5) is 5.69 Å². The lowest BCUT2D eigenvalue weighted by Crippen LogP contribution is -2.27. The topological polar surface area (TPSA) is 89.1 Å². The quantitative estimate of drug-likeness (QED) is 0.372. The molecule has 86 valence electrons. The van der Waals surface area contributed by atoms with Gasteiger partial charge in [-0.1, -0.05) is 0 Å². The number of nitrogens with zero attached hydrogens (tertiary/aromatic N) is 1. The van der Waals surface area contributed by atoms with Crippen molar-refractivity contribution in [3.63, 3.8) is 0 Å². The van der Waals surface area contributed by atoms with Crippen molar-refractivity contribution in [1.29, 1.82) is 0 Å². The first-order valence-electron chi connectivity index (χ1n) is 4.93. The minimum atomic E-state index is -0.0745. The second-order valence-corrected chi connectivity index (χ2v) is 3.29. The minimum Gasteiger partial charge on any atom is -0.490 e. The Balaban J connectivity index is 2.27. The summed E-state index contributed by atoms with van der Waals surface area (Å²) in [5.41, 5.74) is 7.68. The third kappa shape index (κ3) is 2.34. The highest BCUT2D eigenvalue weighted by molar-refractivity contribution is 5.80. The second-order valence-electron chi connectivity index (χ2n) is 3.29. The molecule has 4 N–H and O–H groups in total. The second kappa shape index (κ2) is 4.71. The lowest BCUT2D eigenvalue weighted by Gasteiger charge is -2.07. The van der Waals surface area contributed by atoms with Gasteiger partial charge in [-0.25, -0.2) is 10.5 Å². The summed E-state index contributed by atoms with van der Waals surface area (Å²) >= 11 is 0. The first-order valence-corrected chi connectivity index (χ1v) is 4.93. The van der Waals surface area contributed by atoms with E-state index < -0.39 is 0 Å². The van der Waals surface area contributed by atoms with Gasteiger partial charge in [-0.3, -0.25) is 5.21 Å². The van der Waals surface area contributed by atoms with E-state index in [0.717, 1.165) is 6.42 Å². The number of nitrogens with two attached hydrogens (primary N) is 1. The zero-order chi connectivity index (χ0) is 11.4. The highest BCUT2D eigenvalue weighted by atomic mass is 16.5. The Labute approximate surface area is 92.6 Å². The van der Waals surface area contributed by atoms with E-state index in [-0.39, 0.29) is 5.96 Å². The van der Waals surface area contributed by atoms with Crippen molar-refractivity contribution in [2.45, 2.75) is 6.42 Å². The zero-order valence-electron chi connectivity index (χ0n) is 8.64. The van der Waals surface area contributed by atoms with E-state index in [9.17, 15) is 0 Å². The van der Waals surface area contributed by atoms with E-state index in [1.807, 2.05) is 0 Å². The molecule has 0 aliphatic carbocycles. The van der Waals surface area contributed by atoms with E-state index in [2.05, 4.69) is 4.99 Å². The van der Waals surface area contributed by atoms with Gasteiger partial charge < -0.3 is 15.2 Å². The Hall–Kier alpha value is -1.95. The Morgan fingerprint density at radius 2 is 2.06 bits per heavy atom. The van der Waals surface area contributed by atoms with Crippen molar-refractivity contribution in [3.8, 4) is 11.5 Å². The van der Waals surface area contributed by atoms with Crippen LogP contribution in [-0.4, -0.2) is 24.4 Å². The predicted molar refractivity (Wildman–Crippen MR) is 58.3 cm³/mol. The fourth-order valence-corrected chi connectivity index (χ4v) is 1.39. The molecule has 0 saturated heterocycles. The number of hydroxylamine groups is 1. The molecule has 1 aliphatic rings. The van der Waals surface area contributed by atoms with Crippen LogP contribution >= 0.6 is 0 Å². The SMILES string of the molecule is NC(=Nc1ccc2c(c1)OCCCO2)NO. The number of rotatable bonds is 1. The monoisotopic (exact) mass is 223 g/mol. The molecule has 16 heavy (non-hydrogen) atoms. The summed E-state index contributed by atoms with van der Waals surface area (Å²) < 4.78 is 11.0. The molecule has 1 aliphatic heterocycles. The average Bonchev–Trinajstić information content (AvgIpc) is 2.53. The first kappa shape index (κ1) is 10.6. The van der Waals surface area contributed by atoms with Crippen LogP contribution in [0, 0.1) is 0 Å². The molecule has 1 aromatic rings. The average molecular weight is 223 g/mol. The van der Waals surface area contributed by atoms with E-state index in [1.54, 1.807) is 23.7 Å². The summed E-state index contributed by atoms with van der Waals surface area (Å²) in [5.74, 6) is 1.27. The number of ether oxygens (including phenoxy) is 2. The van der Waals surface area contributed by atoms with Gasteiger partial charge in [0.1, 0.15) is 0 Å². The van der Waals surface area contributed by atoms with Gasteiger partial charge in [-0.05, 0) is 12.1 Å². The third-order valence-electron chi connectivity index (χ3n) is 2.10. The van der Waals surface area contributed by atoms with Crippen LogP contribution in [0.5, 0.6) is 11.5 Å². The van der Waals surface area contributed by atoms with Crippen molar-refractivity contribution < 1.29 is 14.7 Å². The predicted octanol–water partition coefficient (Wildman–Crippen LogP) is 0.773. The van der Waals surface area contributed by atoms with Gasteiger partial charge in [-0.2, -0.15) is 0 Å². The van der Waals surface area contributed by atoms with Crippen LogP contribution in [-0.2, 0) is 0 Å². The first-order chi connectivity index (χ1) is 7.79. The summed E-state index contributed by atoms with van der Waals surface area (Å²) in [7, 11) is 0. The normalized spacial score (nSPS) is 15.4. The molecule has 0 saturated carbocycles. The van der Waals surface area contributed by atoms with Gasteiger partial charge in [0.05, 0.1) is 18.9 Å². The molecule has 0 bridgehead atoms. The van der Waals surface area contributed by atoms with Gasteiger partial charge in [-0.15, -0.1) is 0 Å². The van der Waals surface area contributed by atoms with Crippen LogP contribution in [0.1, 0.15) is 6.42 Å². The number of hydrogen-bond acceptors (Lipinski definition) is 4. The van der Waals surface area contributed by atoms with Gasteiger partial charge in [0, 0.05) is 12.5 Å². The number of nitrogens with one attached hydrogen (secondary N) is 1. The van der Waals surface area contributed by atoms with Gasteiger partial charge in [0.2, 0.25) is 5.96 Å². The lowest BCUT2D eigenvalue weighted by molar-refractivity contribution is 0.233. The Morgan fingerprint density at radius 3 is 2.81 bits per heavy atom. The molecule has 0 spiro atoms. The van der Waals surface area contributed by atoms with Crippen molar-refractivity contribution in [1.82, 2.24) is 5.48 Å². The van der Waals surface area contributed by atoms with Crippen molar-refractivity contribution in [2.75, 3.05) is 13.2 Å². The maximum atomic E-state index is 8.52. The van der Waals surface area contributed by atoms with Crippen LogP contribution < -0.4 is 20.7 Å². The molecule has 0 unspecified atom stereocenters. The standard InChI is InChI=1S/C10H13N3O3/c11-10(13-14)12-7-2-3-8-9(6-7)16-5-1-4-15-8/h2-3,6,14H,1,4-5H2,(H3,11,12,13). The maximum Gasteiger partial charge on any atom is 0.218 e.